The molecule has 1 fully saturated rings. The van der Waals surface area contributed by atoms with Crippen LogP contribution in [0.1, 0.15) is 6.92 Å². The zero-order chi connectivity index (χ0) is 13.0. The summed E-state index contributed by atoms with van der Waals surface area (Å²) in [6.07, 6.45) is 3.36. The van der Waals surface area contributed by atoms with E-state index in [-0.39, 0.29) is 0 Å². The van der Waals surface area contributed by atoms with Gasteiger partial charge in [-0.05, 0) is 30.2 Å². The van der Waals surface area contributed by atoms with E-state index in [1.807, 2.05) is 0 Å². The van der Waals surface area contributed by atoms with E-state index in [9.17, 15) is 0 Å². The fourth-order valence-electron chi connectivity index (χ4n) is 2.00. The highest BCUT2D eigenvalue weighted by Crippen LogP contribution is 2.29. The van der Waals surface area contributed by atoms with Gasteiger partial charge in [0.15, 0.2) is 0 Å². The molecule has 1 aliphatic heterocycles. The van der Waals surface area contributed by atoms with Gasteiger partial charge in [0, 0.05) is 48.0 Å². The van der Waals surface area contributed by atoms with Gasteiger partial charge >= 0.3 is 0 Å². The van der Waals surface area contributed by atoms with Crippen molar-refractivity contribution in [1.82, 2.24) is 0 Å². The molecule has 96 valence electrons. The average molecular weight is 261 g/mol. The molecular formula is C14H19N3S. The highest BCUT2D eigenvalue weighted by Gasteiger charge is 2.22. The second-order valence-electron chi connectivity index (χ2n) is 4.56. The Morgan fingerprint density at radius 3 is 2.56 bits per heavy atom. The van der Waals surface area contributed by atoms with E-state index in [0.717, 1.165) is 10.8 Å². The van der Waals surface area contributed by atoms with Crippen molar-refractivity contribution in [3.05, 3.63) is 35.4 Å². The molecule has 2 N–H and O–H groups in total. The summed E-state index contributed by atoms with van der Waals surface area (Å²) in [5.41, 5.74) is 6.85. The van der Waals surface area contributed by atoms with E-state index in [4.69, 9.17) is 5.73 Å². The third-order valence-corrected chi connectivity index (χ3v) is 3.91. The second-order valence-corrected chi connectivity index (χ2v) is 5.71. The van der Waals surface area contributed by atoms with Gasteiger partial charge in [0.1, 0.15) is 0 Å². The maximum Gasteiger partial charge on any atom is 0.0455 e. The van der Waals surface area contributed by atoms with E-state index in [0.29, 0.717) is 0 Å². The Morgan fingerprint density at radius 1 is 1.39 bits per heavy atom. The van der Waals surface area contributed by atoms with Crippen molar-refractivity contribution in [2.24, 2.45) is 16.6 Å². The van der Waals surface area contributed by atoms with Crippen molar-refractivity contribution in [2.75, 3.05) is 25.0 Å². The fraction of sp³-hybridized carbons (Fsp3) is 0.357. The standard InChI is InChI=1S/C14H19N3S/c1-11-9-17(10-11)12-3-5-13(6-4-12)18-14(7-15)8-16-2/h3-8,11H,9-10,15H2,1-2H3/b14-7+,16-8?. The van der Waals surface area contributed by atoms with E-state index in [1.54, 1.807) is 31.2 Å². The van der Waals surface area contributed by atoms with Gasteiger partial charge in [-0.25, -0.2) is 0 Å². The van der Waals surface area contributed by atoms with E-state index in [1.165, 1.54) is 23.7 Å². The monoisotopic (exact) mass is 261 g/mol. The fourth-order valence-corrected chi connectivity index (χ4v) is 2.77. The third-order valence-electron chi connectivity index (χ3n) is 2.92. The molecule has 1 saturated heterocycles. The van der Waals surface area contributed by atoms with Crippen LogP contribution >= 0.6 is 11.8 Å². The zero-order valence-electron chi connectivity index (χ0n) is 10.8. The lowest BCUT2D eigenvalue weighted by atomic mass is 10.0. The summed E-state index contributed by atoms with van der Waals surface area (Å²) in [6, 6.07) is 8.61. The molecule has 1 heterocycles. The van der Waals surface area contributed by atoms with Gasteiger partial charge < -0.3 is 10.6 Å². The quantitative estimate of drug-likeness (QED) is 0.669. The first-order valence-corrected chi connectivity index (χ1v) is 6.91. The Labute approximate surface area is 113 Å². The van der Waals surface area contributed by atoms with Gasteiger partial charge in [0.05, 0.1) is 0 Å². The first-order chi connectivity index (χ1) is 8.72. The molecule has 0 unspecified atom stereocenters. The van der Waals surface area contributed by atoms with Crippen molar-refractivity contribution in [3.63, 3.8) is 0 Å². The minimum Gasteiger partial charge on any atom is -0.404 e. The molecular weight excluding hydrogens is 242 g/mol. The summed E-state index contributed by atoms with van der Waals surface area (Å²) in [5.74, 6) is 0.826. The number of benzene rings is 1. The van der Waals surface area contributed by atoms with Crippen molar-refractivity contribution in [2.45, 2.75) is 11.8 Å². The molecule has 1 aromatic rings. The topological polar surface area (TPSA) is 41.6 Å². The van der Waals surface area contributed by atoms with Crippen LogP contribution in [0, 0.1) is 5.92 Å². The van der Waals surface area contributed by atoms with Crippen LogP contribution in [0.5, 0.6) is 0 Å². The Bertz CT molecular complexity index is 445. The van der Waals surface area contributed by atoms with Crippen LogP contribution in [0.15, 0.2) is 45.3 Å². The number of nitrogens with two attached hydrogens (primary N) is 1. The zero-order valence-corrected chi connectivity index (χ0v) is 11.7. The Kier molecular flexibility index (Phi) is 4.31. The van der Waals surface area contributed by atoms with Crippen LogP contribution in [-0.2, 0) is 0 Å². The predicted octanol–water partition coefficient (Wildman–Crippen LogP) is 2.74. The molecule has 1 aliphatic rings. The van der Waals surface area contributed by atoms with Crippen molar-refractivity contribution >= 4 is 23.7 Å². The van der Waals surface area contributed by atoms with Gasteiger partial charge in [-0.3, -0.25) is 4.99 Å². The molecule has 0 saturated carbocycles. The van der Waals surface area contributed by atoms with Gasteiger partial charge in [-0.15, -0.1) is 0 Å². The highest BCUT2D eigenvalue weighted by atomic mass is 32.2. The molecule has 1 aromatic carbocycles. The Balaban J connectivity index is 1.99. The molecule has 0 aliphatic carbocycles. The van der Waals surface area contributed by atoms with Crippen molar-refractivity contribution in [3.8, 4) is 0 Å². The molecule has 0 bridgehead atoms. The lowest BCUT2D eigenvalue weighted by Gasteiger charge is -2.39. The van der Waals surface area contributed by atoms with Gasteiger partial charge in [0.25, 0.3) is 0 Å². The van der Waals surface area contributed by atoms with E-state index in [2.05, 4.69) is 41.1 Å². The first-order valence-electron chi connectivity index (χ1n) is 6.10. The van der Waals surface area contributed by atoms with Crippen LogP contribution < -0.4 is 10.6 Å². The van der Waals surface area contributed by atoms with Gasteiger partial charge in [0.2, 0.25) is 0 Å². The normalized spacial score (nSPS) is 17.2. The summed E-state index contributed by atoms with van der Waals surface area (Å²) in [6.45, 7) is 4.62. The summed E-state index contributed by atoms with van der Waals surface area (Å²) >= 11 is 1.63. The molecule has 4 heteroatoms. The molecule has 3 nitrogen and oxygen atoms in total. The van der Waals surface area contributed by atoms with Crippen LogP contribution in [0.2, 0.25) is 0 Å². The molecule has 2 rings (SSSR count). The number of hydrogen-bond donors (Lipinski definition) is 1. The SMILES string of the molecule is CN=C/C(=C\N)Sc1ccc(N2CC(C)C2)cc1. The molecule has 0 aromatic heterocycles. The number of thioether (sulfide) groups is 1. The number of aliphatic imine (C=N–C) groups is 1. The van der Waals surface area contributed by atoms with Crippen LogP contribution in [0.25, 0.3) is 0 Å². The molecule has 18 heavy (non-hydrogen) atoms. The molecule has 0 radical (unpaired) electrons. The molecule has 0 atom stereocenters. The second kappa shape index (κ2) is 5.96. The summed E-state index contributed by atoms with van der Waals surface area (Å²) in [4.78, 5) is 8.52. The van der Waals surface area contributed by atoms with Crippen LogP contribution in [0.4, 0.5) is 5.69 Å². The number of nitrogens with zero attached hydrogens (tertiary/aromatic N) is 2. The van der Waals surface area contributed by atoms with Gasteiger partial charge in [-0.2, -0.15) is 0 Å². The predicted molar refractivity (Wildman–Crippen MR) is 80.4 cm³/mol. The molecule has 0 amide bonds. The van der Waals surface area contributed by atoms with Gasteiger partial charge in [-0.1, -0.05) is 18.7 Å². The van der Waals surface area contributed by atoms with Crippen LogP contribution in [0.3, 0.4) is 0 Å². The number of rotatable bonds is 4. The molecule has 0 spiro atoms. The number of anilines is 1. The average Bonchev–Trinajstić information content (AvgIpc) is 2.35. The lowest BCUT2D eigenvalue weighted by Crippen LogP contribution is -2.45. The largest absolute Gasteiger partial charge is 0.404 e. The Morgan fingerprint density at radius 2 is 2.06 bits per heavy atom. The minimum atomic E-state index is 0.826. The van der Waals surface area contributed by atoms with E-state index < -0.39 is 0 Å². The lowest BCUT2D eigenvalue weighted by molar-refractivity contribution is 0.447. The maximum absolute atomic E-state index is 5.55. The van der Waals surface area contributed by atoms with E-state index >= 15 is 0 Å². The smallest absolute Gasteiger partial charge is 0.0455 e. The van der Waals surface area contributed by atoms with Crippen LogP contribution in [-0.4, -0.2) is 26.4 Å². The minimum absolute atomic E-state index is 0.826. The summed E-state index contributed by atoms with van der Waals surface area (Å²) in [5, 5.41) is 0. The van der Waals surface area contributed by atoms with Crippen molar-refractivity contribution in [1.29, 1.82) is 0 Å². The number of hydrogen-bond acceptors (Lipinski definition) is 4. The Hall–Kier alpha value is -1.42. The highest BCUT2D eigenvalue weighted by molar-refractivity contribution is 8.03. The van der Waals surface area contributed by atoms with Crippen molar-refractivity contribution < 1.29 is 0 Å². The first kappa shape index (κ1) is 13.0. The summed E-state index contributed by atoms with van der Waals surface area (Å²) in [7, 11) is 1.75. The maximum atomic E-state index is 5.55. The third kappa shape index (κ3) is 3.07. The summed E-state index contributed by atoms with van der Waals surface area (Å²) < 4.78 is 0. The number of allylic oxidation sites excluding steroid dienone is 1.